The zero-order valence-electron chi connectivity index (χ0n) is 16.3. The van der Waals surface area contributed by atoms with Gasteiger partial charge in [-0.3, -0.25) is 10.1 Å². The normalized spacial score (nSPS) is 10.8. The number of anilines is 1. The molecule has 0 atom stereocenters. The molecule has 0 aliphatic heterocycles. The van der Waals surface area contributed by atoms with Crippen LogP contribution in [0.1, 0.15) is 21.6 Å². The molecule has 4 nitrogen and oxygen atoms in total. The van der Waals surface area contributed by atoms with Gasteiger partial charge in [-0.05, 0) is 42.0 Å². The van der Waals surface area contributed by atoms with Gasteiger partial charge in [0.2, 0.25) is 5.95 Å². The van der Waals surface area contributed by atoms with Crippen LogP contribution in [0.15, 0.2) is 78.9 Å². The fourth-order valence-corrected chi connectivity index (χ4v) is 3.57. The fourth-order valence-electron chi connectivity index (χ4n) is 3.32. The molecule has 1 aromatic heterocycles. The lowest BCUT2D eigenvalue weighted by Gasteiger charge is -2.09. The Morgan fingerprint density at radius 1 is 0.900 bits per heavy atom. The summed E-state index contributed by atoms with van der Waals surface area (Å²) >= 11 is 12.0. The molecule has 6 heteroatoms. The Morgan fingerprint density at radius 3 is 2.13 bits per heavy atom. The van der Waals surface area contributed by atoms with Crippen molar-refractivity contribution in [1.82, 2.24) is 9.55 Å². The molecule has 0 radical (unpaired) electrons. The highest BCUT2D eigenvalue weighted by Gasteiger charge is 2.19. The molecule has 0 unspecified atom stereocenters. The lowest BCUT2D eigenvalue weighted by Crippen LogP contribution is -2.15. The van der Waals surface area contributed by atoms with Crippen molar-refractivity contribution < 1.29 is 4.79 Å². The number of aromatic nitrogens is 2. The van der Waals surface area contributed by atoms with E-state index in [-0.39, 0.29) is 5.91 Å². The molecule has 1 heterocycles. The summed E-state index contributed by atoms with van der Waals surface area (Å²) in [7, 11) is 1.89. The van der Waals surface area contributed by atoms with Gasteiger partial charge in [-0.15, -0.1) is 0 Å². The van der Waals surface area contributed by atoms with E-state index in [0.717, 1.165) is 22.5 Å². The number of hydrogen-bond donors (Lipinski definition) is 1. The van der Waals surface area contributed by atoms with Gasteiger partial charge in [-0.25, -0.2) is 4.98 Å². The first-order chi connectivity index (χ1) is 14.5. The van der Waals surface area contributed by atoms with Crippen LogP contribution in [0.3, 0.4) is 0 Å². The summed E-state index contributed by atoms with van der Waals surface area (Å²) in [4.78, 5) is 17.5. The number of halogens is 2. The predicted molar refractivity (Wildman–Crippen MR) is 122 cm³/mol. The topological polar surface area (TPSA) is 46.9 Å². The molecular weight excluding hydrogens is 417 g/mol. The van der Waals surface area contributed by atoms with Crippen molar-refractivity contribution in [3.63, 3.8) is 0 Å². The number of carbonyl (C=O) groups excluding carboxylic acids is 1. The van der Waals surface area contributed by atoms with Gasteiger partial charge in [0, 0.05) is 34.6 Å². The molecule has 3 aromatic carbocycles. The third-order valence-electron chi connectivity index (χ3n) is 4.83. The van der Waals surface area contributed by atoms with E-state index in [1.165, 1.54) is 0 Å². The van der Waals surface area contributed by atoms with Gasteiger partial charge in [0.05, 0.1) is 11.4 Å². The van der Waals surface area contributed by atoms with Gasteiger partial charge in [0.1, 0.15) is 0 Å². The number of rotatable bonds is 5. The molecule has 0 aliphatic carbocycles. The van der Waals surface area contributed by atoms with E-state index >= 15 is 0 Å². The molecule has 150 valence electrons. The lowest BCUT2D eigenvalue weighted by atomic mass is 10.0. The molecule has 4 rings (SSSR count). The van der Waals surface area contributed by atoms with Gasteiger partial charge < -0.3 is 4.57 Å². The maximum absolute atomic E-state index is 12.7. The maximum Gasteiger partial charge on any atom is 0.257 e. The molecule has 1 N–H and O–H groups in total. The maximum atomic E-state index is 12.7. The number of carbonyl (C=O) groups is 1. The van der Waals surface area contributed by atoms with Gasteiger partial charge >= 0.3 is 0 Å². The largest absolute Gasteiger partial charge is 0.313 e. The molecule has 0 fully saturated rings. The Balaban J connectivity index is 1.72. The van der Waals surface area contributed by atoms with Crippen LogP contribution < -0.4 is 5.32 Å². The standard InChI is InChI=1S/C24H19Cl2N3O/c1-29-22(17-7-11-19(25)12-8-17)21(15-16-5-3-2-4-6-16)27-24(29)28-23(30)18-9-13-20(26)14-10-18/h2-14H,15H2,1H3,(H,27,28,30). The lowest BCUT2D eigenvalue weighted by molar-refractivity contribution is 0.102. The van der Waals surface area contributed by atoms with Gasteiger partial charge in [-0.1, -0.05) is 65.7 Å². The first-order valence-corrected chi connectivity index (χ1v) is 10.2. The van der Waals surface area contributed by atoms with Crippen molar-refractivity contribution in [3.8, 4) is 11.3 Å². The average Bonchev–Trinajstić information content (AvgIpc) is 3.04. The van der Waals surface area contributed by atoms with E-state index in [1.807, 2.05) is 54.1 Å². The smallest absolute Gasteiger partial charge is 0.257 e. The highest BCUT2D eigenvalue weighted by Crippen LogP contribution is 2.29. The molecular formula is C24H19Cl2N3O. The molecule has 30 heavy (non-hydrogen) atoms. The first-order valence-electron chi connectivity index (χ1n) is 9.43. The zero-order chi connectivity index (χ0) is 21.1. The molecule has 4 aromatic rings. The summed E-state index contributed by atoms with van der Waals surface area (Å²) in [6, 6.07) is 24.5. The van der Waals surface area contributed by atoms with Crippen LogP contribution in [-0.2, 0) is 13.5 Å². The number of nitrogens with zero attached hydrogens (tertiary/aromatic N) is 2. The van der Waals surface area contributed by atoms with E-state index < -0.39 is 0 Å². The quantitative estimate of drug-likeness (QED) is 0.403. The summed E-state index contributed by atoms with van der Waals surface area (Å²) < 4.78 is 1.90. The van der Waals surface area contributed by atoms with Crippen LogP contribution in [0.5, 0.6) is 0 Å². The molecule has 0 spiro atoms. The van der Waals surface area contributed by atoms with Gasteiger partial charge in [-0.2, -0.15) is 0 Å². The SMILES string of the molecule is Cn1c(NC(=O)c2ccc(Cl)cc2)nc(Cc2ccccc2)c1-c1ccc(Cl)cc1. The summed E-state index contributed by atoms with van der Waals surface area (Å²) in [5.74, 6) is 0.236. The number of imidazole rings is 1. The van der Waals surface area contributed by atoms with Crippen molar-refractivity contribution >= 4 is 35.1 Å². The minimum Gasteiger partial charge on any atom is -0.313 e. The first kappa shape index (κ1) is 20.2. The van der Waals surface area contributed by atoms with Crippen molar-refractivity contribution in [2.45, 2.75) is 6.42 Å². The molecule has 1 amide bonds. The number of benzene rings is 3. The Morgan fingerprint density at radius 2 is 1.50 bits per heavy atom. The molecule has 0 saturated heterocycles. The van der Waals surface area contributed by atoms with Crippen LogP contribution >= 0.6 is 23.2 Å². The Labute approximate surface area is 185 Å². The minimum atomic E-state index is -0.242. The number of hydrogen-bond acceptors (Lipinski definition) is 2. The highest BCUT2D eigenvalue weighted by molar-refractivity contribution is 6.31. The van der Waals surface area contributed by atoms with E-state index in [9.17, 15) is 4.79 Å². The third kappa shape index (κ3) is 4.40. The van der Waals surface area contributed by atoms with E-state index in [1.54, 1.807) is 24.3 Å². The second-order valence-corrected chi connectivity index (χ2v) is 7.79. The van der Waals surface area contributed by atoms with Crippen LogP contribution in [-0.4, -0.2) is 15.5 Å². The highest BCUT2D eigenvalue weighted by atomic mass is 35.5. The summed E-state index contributed by atoms with van der Waals surface area (Å²) in [6.45, 7) is 0. The Hall–Kier alpha value is -3.08. The van der Waals surface area contributed by atoms with Crippen molar-refractivity contribution in [1.29, 1.82) is 0 Å². The second-order valence-electron chi connectivity index (χ2n) is 6.92. The summed E-state index contributed by atoms with van der Waals surface area (Å²) in [6.07, 6.45) is 0.642. The monoisotopic (exact) mass is 435 g/mol. The zero-order valence-corrected chi connectivity index (χ0v) is 17.8. The fraction of sp³-hybridized carbons (Fsp3) is 0.0833. The second kappa shape index (κ2) is 8.74. The number of nitrogens with one attached hydrogen (secondary N) is 1. The average molecular weight is 436 g/mol. The van der Waals surface area contributed by atoms with E-state index in [2.05, 4.69) is 17.4 Å². The van der Waals surface area contributed by atoms with Gasteiger partial charge in [0.15, 0.2) is 0 Å². The van der Waals surface area contributed by atoms with Crippen LogP contribution in [0.4, 0.5) is 5.95 Å². The minimum absolute atomic E-state index is 0.242. The van der Waals surface area contributed by atoms with Gasteiger partial charge in [0.25, 0.3) is 5.91 Å². The molecule has 0 saturated carbocycles. The van der Waals surface area contributed by atoms with Crippen LogP contribution in [0.25, 0.3) is 11.3 Å². The Bertz CT molecular complexity index is 1170. The van der Waals surface area contributed by atoms with Crippen LogP contribution in [0, 0.1) is 0 Å². The van der Waals surface area contributed by atoms with Crippen LogP contribution in [0.2, 0.25) is 10.0 Å². The van der Waals surface area contributed by atoms with Crippen molar-refractivity contribution in [3.05, 3.63) is 106 Å². The number of amides is 1. The molecule has 0 bridgehead atoms. The van der Waals surface area contributed by atoms with Crippen molar-refractivity contribution in [2.75, 3.05) is 5.32 Å². The Kier molecular flexibility index (Phi) is 5.88. The van der Waals surface area contributed by atoms with E-state index in [0.29, 0.717) is 28.0 Å². The van der Waals surface area contributed by atoms with Crippen molar-refractivity contribution in [2.24, 2.45) is 7.05 Å². The summed E-state index contributed by atoms with van der Waals surface area (Å²) in [5, 5.41) is 4.17. The molecule has 0 aliphatic rings. The predicted octanol–water partition coefficient (Wildman–Crippen LogP) is 6.24. The van der Waals surface area contributed by atoms with E-state index in [4.69, 9.17) is 28.2 Å². The third-order valence-corrected chi connectivity index (χ3v) is 5.34. The summed E-state index contributed by atoms with van der Waals surface area (Å²) in [5.41, 5.74) is 4.44.